The number of nitrogens with zero attached hydrogens (tertiary/aromatic N) is 4. The van der Waals surface area contributed by atoms with Gasteiger partial charge in [-0.1, -0.05) is 55.0 Å². The number of carbonyl (C=O) groups is 2. The monoisotopic (exact) mass is 619 g/mol. The molecule has 0 saturated carbocycles. The molecule has 1 aliphatic heterocycles. The second kappa shape index (κ2) is 12.6. The summed E-state index contributed by atoms with van der Waals surface area (Å²) in [4.78, 5) is 60.2. The lowest BCUT2D eigenvalue weighted by Gasteiger charge is -2.40. The van der Waals surface area contributed by atoms with Crippen molar-refractivity contribution in [3.8, 4) is 5.88 Å². The zero-order valence-electron chi connectivity index (χ0n) is 24.9. The number of amides is 2. The van der Waals surface area contributed by atoms with Crippen molar-refractivity contribution in [1.82, 2.24) is 35.1 Å². The Labute approximate surface area is 258 Å². The summed E-state index contributed by atoms with van der Waals surface area (Å²) in [6.45, 7) is 2.84. The molecule has 2 aliphatic rings. The maximum Gasteiger partial charge on any atom is 0.330 e. The Bertz CT molecular complexity index is 1800. The Morgan fingerprint density at radius 2 is 2.00 bits per heavy atom. The lowest BCUT2D eigenvalue weighted by atomic mass is 9.72. The summed E-state index contributed by atoms with van der Waals surface area (Å²) in [6, 6.07) is 7.45. The van der Waals surface area contributed by atoms with Crippen LogP contribution < -0.4 is 31.9 Å². The first kappa shape index (κ1) is 30.9. The van der Waals surface area contributed by atoms with Gasteiger partial charge in [-0.25, -0.2) is 9.78 Å². The van der Waals surface area contributed by atoms with Crippen molar-refractivity contribution >= 4 is 29.0 Å². The van der Waals surface area contributed by atoms with Crippen molar-refractivity contribution in [2.24, 2.45) is 20.0 Å². The van der Waals surface area contributed by atoms with Crippen LogP contribution in [0.1, 0.15) is 47.1 Å². The van der Waals surface area contributed by atoms with Crippen LogP contribution in [0.4, 0.5) is 0 Å². The van der Waals surface area contributed by atoms with E-state index >= 15 is 0 Å². The molecule has 0 spiro atoms. The van der Waals surface area contributed by atoms with E-state index in [2.05, 4.69) is 20.9 Å². The van der Waals surface area contributed by atoms with Crippen LogP contribution in [0.15, 0.2) is 64.5 Å². The number of hydrogen-bond donors (Lipinski definition) is 3. The molecule has 3 atom stereocenters. The third kappa shape index (κ3) is 5.82. The van der Waals surface area contributed by atoms with Gasteiger partial charge >= 0.3 is 5.69 Å². The normalized spacial score (nSPS) is 21.1. The molecule has 13 heteroatoms. The predicted octanol–water partition coefficient (Wildman–Crippen LogP) is 1.82. The second-order valence-electron chi connectivity index (χ2n) is 11.0. The number of aromatic nitrogens is 4. The maximum absolute atomic E-state index is 13.9. The van der Waals surface area contributed by atoms with E-state index in [9.17, 15) is 19.2 Å². The molecule has 5 rings (SSSR count). The van der Waals surface area contributed by atoms with Crippen molar-refractivity contribution in [2.75, 3.05) is 13.7 Å². The van der Waals surface area contributed by atoms with E-state index in [-0.39, 0.29) is 23.4 Å². The fraction of sp³-hybridized carbons (Fsp3) is 0.355. The Hall–Kier alpha value is -4.55. The number of ether oxygens (including phenoxy) is 1. The first-order valence-corrected chi connectivity index (χ1v) is 14.6. The van der Waals surface area contributed by atoms with Gasteiger partial charge in [-0.15, -0.1) is 0 Å². The van der Waals surface area contributed by atoms with Crippen LogP contribution in [0.25, 0.3) is 5.57 Å². The number of halogens is 1. The Balaban J connectivity index is 1.54. The Morgan fingerprint density at radius 3 is 2.70 bits per heavy atom. The van der Waals surface area contributed by atoms with E-state index in [4.69, 9.17) is 21.3 Å². The molecular formula is C31H34ClN7O5. The molecule has 1 saturated heterocycles. The number of nitrogens with one attached hydrogen (secondary N) is 3. The fourth-order valence-corrected chi connectivity index (χ4v) is 5.92. The van der Waals surface area contributed by atoms with Gasteiger partial charge in [0.15, 0.2) is 0 Å². The van der Waals surface area contributed by atoms with E-state index in [1.54, 1.807) is 24.4 Å². The highest BCUT2D eigenvalue weighted by Crippen LogP contribution is 2.44. The van der Waals surface area contributed by atoms with Gasteiger partial charge in [0, 0.05) is 56.8 Å². The fourth-order valence-electron chi connectivity index (χ4n) is 5.67. The number of carbonyl (C=O) groups excluding carboxylic acids is 2. The maximum atomic E-state index is 13.9. The molecule has 2 aromatic heterocycles. The van der Waals surface area contributed by atoms with Crippen molar-refractivity contribution in [3.05, 3.63) is 103 Å². The van der Waals surface area contributed by atoms with Crippen molar-refractivity contribution in [1.29, 1.82) is 0 Å². The van der Waals surface area contributed by atoms with Gasteiger partial charge < -0.3 is 25.3 Å². The quantitative estimate of drug-likeness (QED) is 0.328. The van der Waals surface area contributed by atoms with Crippen LogP contribution >= 0.6 is 11.6 Å². The standard InChI is InChI=1S/C31H34ClN7O5/c1-18-20(21-8-5-6-10-23(21)32)9-7-13-31(18,37-27(41)22-17-38(2)30(43)39(3)29(22)42)25-16-34-24(28(36-25)44-4)15-33-14-19-11-12-26(40)35-19/h5-10,13,16-19,33H,11-12,14-15H2,1-4H3,(H,35,40)(H,37,41)/t18-,19?,31?/m0/s1. The highest BCUT2D eigenvalue weighted by Gasteiger charge is 2.44. The molecule has 0 radical (unpaired) electrons. The molecule has 2 unspecified atom stereocenters. The van der Waals surface area contributed by atoms with E-state index < -0.39 is 28.6 Å². The molecular weight excluding hydrogens is 586 g/mol. The number of aryl methyl sites for hydroxylation is 1. The predicted molar refractivity (Wildman–Crippen MR) is 165 cm³/mol. The van der Waals surface area contributed by atoms with Gasteiger partial charge in [0.2, 0.25) is 11.8 Å². The minimum atomic E-state index is -1.29. The van der Waals surface area contributed by atoms with Crippen LogP contribution in [0.3, 0.4) is 0 Å². The number of rotatable bonds is 9. The Kier molecular flexibility index (Phi) is 8.84. The average Bonchev–Trinajstić information content (AvgIpc) is 3.44. The van der Waals surface area contributed by atoms with Gasteiger partial charge in [-0.3, -0.25) is 23.9 Å². The summed E-state index contributed by atoms with van der Waals surface area (Å²) >= 11 is 6.60. The zero-order chi connectivity index (χ0) is 31.6. The van der Waals surface area contributed by atoms with Crippen molar-refractivity contribution in [2.45, 2.75) is 37.9 Å². The number of benzene rings is 1. The largest absolute Gasteiger partial charge is 0.480 e. The highest BCUT2D eigenvalue weighted by atomic mass is 35.5. The zero-order valence-corrected chi connectivity index (χ0v) is 25.6. The number of hydrogen-bond acceptors (Lipinski definition) is 8. The third-order valence-corrected chi connectivity index (χ3v) is 8.51. The van der Waals surface area contributed by atoms with Crippen LogP contribution in [0.5, 0.6) is 5.88 Å². The smallest absolute Gasteiger partial charge is 0.330 e. The van der Waals surface area contributed by atoms with Gasteiger partial charge in [-0.2, -0.15) is 0 Å². The van der Waals surface area contributed by atoms with Crippen LogP contribution in [-0.2, 0) is 31.0 Å². The van der Waals surface area contributed by atoms with Crippen molar-refractivity contribution < 1.29 is 14.3 Å². The molecule has 44 heavy (non-hydrogen) atoms. The van der Waals surface area contributed by atoms with Gasteiger partial charge in [0.05, 0.1) is 19.0 Å². The lowest BCUT2D eigenvalue weighted by molar-refractivity contribution is -0.119. The molecule has 0 bridgehead atoms. The number of methoxy groups -OCH3 is 1. The summed E-state index contributed by atoms with van der Waals surface area (Å²) in [5, 5.41) is 9.81. The van der Waals surface area contributed by atoms with Gasteiger partial charge in [0.25, 0.3) is 11.5 Å². The first-order chi connectivity index (χ1) is 21.1. The van der Waals surface area contributed by atoms with Crippen LogP contribution in [-0.4, -0.2) is 50.6 Å². The van der Waals surface area contributed by atoms with Crippen LogP contribution in [0, 0.1) is 5.92 Å². The Morgan fingerprint density at radius 1 is 1.23 bits per heavy atom. The molecule has 2 amide bonds. The summed E-state index contributed by atoms with van der Waals surface area (Å²) in [5.74, 6) is -0.835. The van der Waals surface area contributed by atoms with E-state index in [1.165, 1.54) is 32.0 Å². The van der Waals surface area contributed by atoms with E-state index in [1.807, 2.05) is 31.2 Å². The summed E-state index contributed by atoms with van der Waals surface area (Å²) < 4.78 is 7.70. The molecule has 12 nitrogen and oxygen atoms in total. The molecule has 230 valence electrons. The lowest BCUT2D eigenvalue weighted by Crippen LogP contribution is -2.52. The van der Waals surface area contributed by atoms with Crippen LogP contribution in [0.2, 0.25) is 5.02 Å². The minimum Gasteiger partial charge on any atom is -0.480 e. The topological polar surface area (TPSA) is 149 Å². The molecule has 3 N–H and O–H groups in total. The molecule has 3 aromatic rings. The number of allylic oxidation sites excluding steroid dienone is 2. The summed E-state index contributed by atoms with van der Waals surface area (Å²) in [6.07, 6.45) is 9.60. The average molecular weight is 620 g/mol. The third-order valence-electron chi connectivity index (χ3n) is 8.18. The summed E-state index contributed by atoms with van der Waals surface area (Å²) in [7, 11) is 4.28. The van der Waals surface area contributed by atoms with Crippen molar-refractivity contribution in [3.63, 3.8) is 0 Å². The first-order valence-electron chi connectivity index (χ1n) is 14.2. The molecule has 1 fully saturated rings. The molecule has 1 aliphatic carbocycles. The SMILES string of the molecule is COc1nc(C2(NC(=O)c3cn(C)c(=O)n(C)c3=O)C=CC=C(c3ccccc3Cl)[C@@H]2C)cnc1CNCC1CCC(=O)N1. The molecule has 1 aromatic carbocycles. The van der Waals surface area contributed by atoms with E-state index in [0.717, 1.165) is 22.1 Å². The minimum absolute atomic E-state index is 0.0429. The van der Waals surface area contributed by atoms with Gasteiger partial charge in [-0.05, 0) is 23.6 Å². The van der Waals surface area contributed by atoms with Gasteiger partial charge in [0.1, 0.15) is 16.8 Å². The molecule has 3 heterocycles. The summed E-state index contributed by atoms with van der Waals surface area (Å²) in [5.41, 5.74) is -0.242. The van der Waals surface area contributed by atoms with E-state index in [0.29, 0.717) is 35.9 Å². The second-order valence-corrected chi connectivity index (χ2v) is 11.4. The highest BCUT2D eigenvalue weighted by molar-refractivity contribution is 6.32.